The highest BCUT2D eigenvalue weighted by Gasteiger charge is 2.26. The number of halogens is 1. The first-order valence-electron chi connectivity index (χ1n) is 10.2. The monoisotopic (exact) mass is 450 g/mol. The SMILES string of the molecule is COc1cc(/C=C2/C(C)=C(CC(=O)NCc3cnoc3)c3cc(F)ccc32)cc(OC)c1O. The predicted octanol–water partition coefficient (Wildman–Crippen LogP) is 4.57. The number of phenolic OH excluding ortho intramolecular Hbond substituents is 1. The number of methoxy groups -OCH3 is 2. The molecular formula is C25H23FN2O5. The van der Waals surface area contributed by atoms with Gasteiger partial charge in [0.15, 0.2) is 11.5 Å². The van der Waals surface area contributed by atoms with E-state index < -0.39 is 0 Å². The fraction of sp³-hybridized carbons (Fsp3) is 0.200. The first-order valence-corrected chi connectivity index (χ1v) is 10.2. The summed E-state index contributed by atoms with van der Waals surface area (Å²) in [6.07, 6.45) is 4.99. The Kier molecular flexibility index (Phi) is 6.17. The molecule has 1 aromatic heterocycles. The Labute approximate surface area is 190 Å². The normalized spacial score (nSPS) is 13.9. The number of benzene rings is 2. The van der Waals surface area contributed by atoms with Gasteiger partial charge in [-0.15, -0.1) is 0 Å². The number of amides is 1. The molecule has 8 heteroatoms. The Morgan fingerprint density at radius 2 is 1.91 bits per heavy atom. The number of hydrogen-bond acceptors (Lipinski definition) is 6. The highest BCUT2D eigenvalue weighted by Crippen LogP contribution is 2.45. The van der Waals surface area contributed by atoms with E-state index in [1.54, 1.807) is 18.2 Å². The molecule has 1 aliphatic carbocycles. The number of aromatic hydroxyl groups is 1. The van der Waals surface area contributed by atoms with Crippen LogP contribution in [0.3, 0.4) is 0 Å². The molecule has 3 aromatic rings. The van der Waals surface area contributed by atoms with Gasteiger partial charge in [-0.2, -0.15) is 0 Å². The fourth-order valence-corrected chi connectivity index (χ4v) is 3.88. The molecule has 0 radical (unpaired) electrons. The zero-order valence-electron chi connectivity index (χ0n) is 18.4. The van der Waals surface area contributed by atoms with Gasteiger partial charge in [0.1, 0.15) is 12.1 Å². The highest BCUT2D eigenvalue weighted by atomic mass is 19.1. The number of phenols is 1. The van der Waals surface area contributed by atoms with Crippen molar-refractivity contribution in [2.45, 2.75) is 19.9 Å². The molecule has 0 unspecified atom stereocenters. The van der Waals surface area contributed by atoms with Crippen molar-refractivity contribution in [2.75, 3.05) is 14.2 Å². The van der Waals surface area contributed by atoms with E-state index in [9.17, 15) is 14.3 Å². The molecule has 0 spiro atoms. The molecule has 2 N–H and O–H groups in total. The third-order valence-corrected chi connectivity index (χ3v) is 5.58. The number of rotatable bonds is 7. The number of hydrogen-bond donors (Lipinski definition) is 2. The summed E-state index contributed by atoms with van der Waals surface area (Å²) >= 11 is 0. The molecule has 1 heterocycles. The van der Waals surface area contributed by atoms with E-state index in [0.717, 1.165) is 33.4 Å². The van der Waals surface area contributed by atoms with Crippen LogP contribution in [-0.2, 0) is 11.3 Å². The third kappa shape index (κ3) is 4.45. The van der Waals surface area contributed by atoms with Crippen LogP contribution >= 0.6 is 0 Å². The Hall–Kier alpha value is -4.07. The Morgan fingerprint density at radius 3 is 2.55 bits per heavy atom. The first-order chi connectivity index (χ1) is 15.9. The maximum absolute atomic E-state index is 14.1. The maximum Gasteiger partial charge on any atom is 0.224 e. The molecule has 4 rings (SSSR count). The van der Waals surface area contributed by atoms with Gasteiger partial charge in [0.05, 0.1) is 26.8 Å². The minimum absolute atomic E-state index is 0.0894. The van der Waals surface area contributed by atoms with Crippen molar-refractivity contribution in [2.24, 2.45) is 0 Å². The molecule has 0 bridgehead atoms. The topological polar surface area (TPSA) is 93.8 Å². The molecule has 0 aliphatic heterocycles. The van der Waals surface area contributed by atoms with Crippen LogP contribution in [0.4, 0.5) is 4.39 Å². The van der Waals surface area contributed by atoms with Gasteiger partial charge in [0.25, 0.3) is 0 Å². The molecule has 170 valence electrons. The Bertz CT molecular complexity index is 1240. The number of aromatic nitrogens is 1. The van der Waals surface area contributed by atoms with Crippen LogP contribution in [-0.4, -0.2) is 30.4 Å². The zero-order valence-corrected chi connectivity index (χ0v) is 18.4. The summed E-state index contributed by atoms with van der Waals surface area (Å²) in [7, 11) is 2.92. The summed E-state index contributed by atoms with van der Waals surface area (Å²) in [6.45, 7) is 2.20. The molecule has 1 amide bonds. The van der Waals surface area contributed by atoms with Gasteiger partial charge in [-0.25, -0.2) is 4.39 Å². The van der Waals surface area contributed by atoms with Crippen molar-refractivity contribution >= 4 is 23.1 Å². The molecule has 1 aliphatic rings. The van der Waals surface area contributed by atoms with E-state index in [0.29, 0.717) is 12.1 Å². The third-order valence-electron chi connectivity index (χ3n) is 5.58. The quantitative estimate of drug-likeness (QED) is 0.548. The van der Waals surface area contributed by atoms with Crippen LogP contribution in [0.2, 0.25) is 0 Å². The standard InChI is InChI=1S/C25H23FN2O5/c1-14-19(6-15-7-22(31-2)25(30)23(8-15)32-3)18-5-4-17(26)9-21(18)20(14)10-24(29)27-11-16-12-28-33-13-16/h4-9,12-13,30H,10-11H2,1-3H3,(H,27,29)/b19-6-. The molecular weight excluding hydrogens is 427 g/mol. The summed E-state index contributed by atoms with van der Waals surface area (Å²) in [4.78, 5) is 12.6. The van der Waals surface area contributed by atoms with Gasteiger partial charge in [-0.1, -0.05) is 11.2 Å². The average molecular weight is 450 g/mol. The summed E-state index contributed by atoms with van der Waals surface area (Å²) in [5.41, 5.74) is 5.44. The van der Waals surface area contributed by atoms with Crippen LogP contribution < -0.4 is 14.8 Å². The minimum atomic E-state index is -0.377. The fourth-order valence-electron chi connectivity index (χ4n) is 3.88. The van der Waals surface area contributed by atoms with Crippen LogP contribution in [0, 0.1) is 5.82 Å². The lowest BCUT2D eigenvalue weighted by Gasteiger charge is -2.11. The lowest BCUT2D eigenvalue weighted by atomic mass is 10.00. The number of nitrogens with zero attached hydrogens (tertiary/aromatic N) is 1. The Morgan fingerprint density at radius 1 is 1.18 bits per heavy atom. The second-order valence-electron chi connectivity index (χ2n) is 7.61. The number of ether oxygens (including phenoxy) is 2. The molecule has 0 atom stereocenters. The number of carbonyl (C=O) groups is 1. The zero-order chi connectivity index (χ0) is 23.5. The van der Waals surface area contributed by atoms with Crippen molar-refractivity contribution in [3.8, 4) is 17.2 Å². The van der Waals surface area contributed by atoms with E-state index in [2.05, 4.69) is 10.5 Å². The summed E-state index contributed by atoms with van der Waals surface area (Å²) in [5.74, 6) is -0.122. The van der Waals surface area contributed by atoms with E-state index in [1.165, 1.54) is 38.8 Å². The lowest BCUT2D eigenvalue weighted by molar-refractivity contribution is -0.120. The maximum atomic E-state index is 14.1. The van der Waals surface area contributed by atoms with Gasteiger partial charge in [0, 0.05) is 12.1 Å². The molecule has 2 aromatic carbocycles. The predicted molar refractivity (Wildman–Crippen MR) is 121 cm³/mol. The molecule has 0 saturated carbocycles. The van der Waals surface area contributed by atoms with Crippen LogP contribution in [0.25, 0.3) is 17.2 Å². The van der Waals surface area contributed by atoms with Crippen molar-refractivity contribution < 1.29 is 28.3 Å². The average Bonchev–Trinajstić information content (AvgIpc) is 3.41. The van der Waals surface area contributed by atoms with Gasteiger partial charge in [-0.05, 0) is 70.7 Å². The molecule has 0 saturated heterocycles. The molecule has 33 heavy (non-hydrogen) atoms. The number of nitrogens with one attached hydrogen (secondary N) is 1. The summed E-state index contributed by atoms with van der Waals surface area (Å²) < 4.78 is 29.4. The number of allylic oxidation sites excluding steroid dienone is 2. The second-order valence-corrected chi connectivity index (χ2v) is 7.61. The van der Waals surface area contributed by atoms with Gasteiger partial charge in [-0.3, -0.25) is 4.79 Å². The minimum Gasteiger partial charge on any atom is -0.502 e. The van der Waals surface area contributed by atoms with Gasteiger partial charge >= 0.3 is 0 Å². The van der Waals surface area contributed by atoms with Gasteiger partial charge in [0.2, 0.25) is 11.7 Å². The van der Waals surface area contributed by atoms with Crippen molar-refractivity contribution in [1.82, 2.24) is 10.5 Å². The van der Waals surface area contributed by atoms with Crippen LogP contribution in [0.15, 0.2) is 52.9 Å². The second kappa shape index (κ2) is 9.20. The Balaban J connectivity index is 1.70. The van der Waals surface area contributed by atoms with Crippen LogP contribution in [0.5, 0.6) is 17.2 Å². The van der Waals surface area contributed by atoms with Crippen molar-refractivity contribution in [1.29, 1.82) is 0 Å². The highest BCUT2D eigenvalue weighted by molar-refractivity contribution is 6.08. The number of fused-ring (bicyclic) bond motifs is 1. The van der Waals surface area contributed by atoms with E-state index in [1.807, 2.05) is 13.0 Å². The summed E-state index contributed by atoms with van der Waals surface area (Å²) in [6, 6.07) is 7.92. The van der Waals surface area contributed by atoms with E-state index in [-0.39, 0.29) is 35.4 Å². The van der Waals surface area contributed by atoms with E-state index >= 15 is 0 Å². The largest absolute Gasteiger partial charge is 0.502 e. The van der Waals surface area contributed by atoms with Crippen molar-refractivity contribution in [3.05, 3.63) is 76.4 Å². The van der Waals surface area contributed by atoms with Gasteiger partial charge < -0.3 is 24.4 Å². The molecule has 0 fully saturated rings. The van der Waals surface area contributed by atoms with Crippen molar-refractivity contribution in [3.63, 3.8) is 0 Å². The summed E-state index contributed by atoms with van der Waals surface area (Å²) in [5, 5.41) is 16.6. The van der Waals surface area contributed by atoms with Crippen LogP contribution in [0.1, 0.15) is 35.6 Å². The molecule has 7 nitrogen and oxygen atoms in total. The smallest absolute Gasteiger partial charge is 0.224 e. The van der Waals surface area contributed by atoms with E-state index in [4.69, 9.17) is 14.0 Å². The lowest BCUT2D eigenvalue weighted by Crippen LogP contribution is -2.22. The number of carbonyl (C=O) groups excluding carboxylic acids is 1. The first kappa shape index (κ1) is 22.1.